The van der Waals surface area contributed by atoms with E-state index in [0.29, 0.717) is 23.7 Å². The van der Waals surface area contributed by atoms with Crippen LogP contribution in [0.1, 0.15) is 5.56 Å². The van der Waals surface area contributed by atoms with Gasteiger partial charge in [-0.3, -0.25) is 18.7 Å². The molecular weight excluding hydrogens is 374 g/mol. The van der Waals surface area contributed by atoms with Gasteiger partial charge in [-0.25, -0.2) is 4.79 Å². The summed E-state index contributed by atoms with van der Waals surface area (Å²) >= 11 is 0. The zero-order valence-corrected chi connectivity index (χ0v) is 16.1. The molecule has 0 spiro atoms. The molecule has 0 aliphatic carbocycles. The summed E-state index contributed by atoms with van der Waals surface area (Å²) in [5, 5.41) is 2.66. The van der Waals surface area contributed by atoms with Gasteiger partial charge in [-0.15, -0.1) is 0 Å². The summed E-state index contributed by atoms with van der Waals surface area (Å²) in [6, 6.07) is 15.6. The molecule has 0 atom stereocenters. The lowest BCUT2D eigenvalue weighted by molar-refractivity contribution is -0.116. The Morgan fingerprint density at radius 1 is 1.00 bits per heavy atom. The highest BCUT2D eigenvalue weighted by molar-refractivity contribution is 5.92. The predicted molar refractivity (Wildman–Crippen MR) is 109 cm³/mol. The van der Waals surface area contributed by atoms with E-state index in [-0.39, 0.29) is 0 Å². The van der Waals surface area contributed by atoms with Crippen molar-refractivity contribution in [1.29, 1.82) is 0 Å². The van der Waals surface area contributed by atoms with Gasteiger partial charge in [-0.1, -0.05) is 30.3 Å². The van der Waals surface area contributed by atoms with Crippen LogP contribution in [-0.2, 0) is 17.9 Å². The molecule has 0 fully saturated rings. The minimum Gasteiger partial charge on any atom is -0.497 e. The summed E-state index contributed by atoms with van der Waals surface area (Å²) in [5.74, 6) is 0.428. The number of nitrogens with one attached hydrogen (secondary N) is 1. The van der Waals surface area contributed by atoms with E-state index in [1.54, 1.807) is 18.2 Å². The van der Waals surface area contributed by atoms with Gasteiger partial charge in [0.15, 0.2) is 0 Å². The lowest BCUT2D eigenvalue weighted by Gasteiger charge is -2.13. The van der Waals surface area contributed by atoms with Crippen LogP contribution in [0.25, 0.3) is 0 Å². The highest BCUT2D eigenvalue weighted by Crippen LogP contribution is 2.28. The van der Waals surface area contributed by atoms with Gasteiger partial charge >= 0.3 is 5.69 Å². The summed E-state index contributed by atoms with van der Waals surface area (Å²) in [4.78, 5) is 37.4. The standard InChI is InChI=1S/C21H21N3O5/c1-28-16-8-9-18(29-2)17(12-16)22-19(25)14-24-20(26)10-11-23(21(24)27)13-15-6-4-3-5-7-15/h3-12H,13-14H2,1-2H3,(H,22,25). The SMILES string of the molecule is COc1ccc(OC)c(NC(=O)Cn2c(=O)ccn(Cc3ccccc3)c2=O)c1. The van der Waals surface area contributed by atoms with Crippen LogP contribution < -0.4 is 26.0 Å². The molecule has 150 valence electrons. The first-order valence-corrected chi connectivity index (χ1v) is 8.88. The number of hydrogen-bond donors (Lipinski definition) is 1. The molecule has 1 amide bonds. The first kappa shape index (κ1) is 19.9. The average Bonchev–Trinajstić information content (AvgIpc) is 2.74. The van der Waals surface area contributed by atoms with Crippen molar-refractivity contribution in [2.45, 2.75) is 13.1 Å². The van der Waals surface area contributed by atoms with Gasteiger partial charge < -0.3 is 14.8 Å². The van der Waals surface area contributed by atoms with Crippen LogP contribution in [0.15, 0.2) is 70.4 Å². The first-order chi connectivity index (χ1) is 14.0. The van der Waals surface area contributed by atoms with Gasteiger partial charge in [0.25, 0.3) is 5.56 Å². The molecule has 0 saturated heterocycles. The van der Waals surface area contributed by atoms with Crippen molar-refractivity contribution in [3.05, 3.63) is 87.2 Å². The van der Waals surface area contributed by atoms with E-state index in [2.05, 4.69) is 5.32 Å². The number of rotatable bonds is 7. The molecule has 1 heterocycles. The second-order valence-electron chi connectivity index (χ2n) is 6.25. The lowest BCUT2D eigenvalue weighted by atomic mass is 10.2. The van der Waals surface area contributed by atoms with E-state index >= 15 is 0 Å². The molecule has 1 N–H and O–H groups in total. The highest BCUT2D eigenvalue weighted by atomic mass is 16.5. The fourth-order valence-electron chi connectivity index (χ4n) is 2.85. The van der Waals surface area contributed by atoms with E-state index in [4.69, 9.17) is 9.47 Å². The molecule has 0 bridgehead atoms. The molecular formula is C21H21N3O5. The topological polar surface area (TPSA) is 91.6 Å². The third-order valence-electron chi connectivity index (χ3n) is 4.32. The summed E-state index contributed by atoms with van der Waals surface area (Å²) in [6.45, 7) is -0.126. The maximum absolute atomic E-state index is 12.7. The monoisotopic (exact) mass is 395 g/mol. The van der Waals surface area contributed by atoms with Crippen molar-refractivity contribution >= 4 is 11.6 Å². The van der Waals surface area contributed by atoms with Crippen molar-refractivity contribution < 1.29 is 14.3 Å². The first-order valence-electron chi connectivity index (χ1n) is 8.88. The van der Waals surface area contributed by atoms with Crippen LogP contribution in [0, 0.1) is 0 Å². The Bertz CT molecular complexity index is 1120. The fraction of sp³-hybridized carbons (Fsp3) is 0.190. The Kier molecular flexibility index (Phi) is 6.13. The zero-order chi connectivity index (χ0) is 20.8. The number of amides is 1. The Morgan fingerprint density at radius 3 is 2.45 bits per heavy atom. The molecule has 0 radical (unpaired) electrons. The number of ether oxygens (including phenoxy) is 2. The van der Waals surface area contributed by atoms with Crippen molar-refractivity contribution in [2.24, 2.45) is 0 Å². The number of hydrogen-bond acceptors (Lipinski definition) is 5. The maximum atomic E-state index is 12.7. The van der Waals surface area contributed by atoms with E-state index < -0.39 is 23.7 Å². The Balaban J connectivity index is 1.83. The van der Waals surface area contributed by atoms with Crippen molar-refractivity contribution in [2.75, 3.05) is 19.5 Å². The van der Waals surface area contributed by atoms with Crippen LogP contribution in [0.5, 0.6) is 11.5 Å². The number of carbonyl (C=O) groups excluding carboxylic acids is 1. The van der Waals surface area contributed by atoms with Gasteiger partial charge in [-0.2, -0.15) is 0 Å². The number of aromatic nitrogens is 2. The number of methoxy groups -OCH3 is 2. The van der Waals surface area contributed by atoms with E-state index in [1.165, 1.54) is 31.0 Å². The maximum Gasteiger partial charge on any atom is 0.331 e. The third-order valence-corrected chi connectivity index (χ3v) is 4.32. The van der Waals surface area contributed by atoms with Crippen molar-refractivity contribution in [3.8, 4) is 11.5 Å². The summed E-state index contributed by atoms with van der Waals surface area (Å²) < 4.78 is 12.7. The van der Waals surface area contributed by atoms with Gasteiger partial charge in [0.2, 0.25) is 5.91 Å². The Labute approximate surface area is 166 Å². The molecule has 0 aliphatic rings. The third kappa shape index (κ3) is 4.73. The second kappa shape index (κ2) is 8.92. The molecule has 8 heteroatoms. The number of nitrogens with zero attached hydrogens (tertiary/aromatic N) is 2. The van der Waals surface area contributed by atoms with E-state index in [1.807, 2.05) is 30.3 Å². The summed E-state index contributed by atoms with van der Waals surface area (Å²) in [5.41, 5.74) is 0.178. The van der Waals surface area contributed by atoms with E-state index in [9.17, 15) is 14.4 Å². The molecule has 3 rings (SSSR count). The van der Waals surface area contributed by atoms with Crippen LogP contribution >= 0.6 is 0 Å². The zero-order valence-electron chi connectivity index (χ0n) is 16.1. The number of benzene rings is 2. The van der Waals surface area contributed by atoms with Gasteiger partial charge in [0.05, 0.1) is 26.5 Å². The fourth-order valence-corrected chi connectivity index (χ4v) is 2.85. The smallest absolute Gasteiger partial charge is 0.331 e. The number of carbonyl (C=O) groups is 1. The molecule has 0 aliphatic heterocycles. The van der Waals surface area contributed by atoms with Gasteiger partial charge in [0, 0.05) is 18.3 Å². The molecule has 3 aromatic rings. The predicted octanol–water partition coefficient (Wildman–Crippen LogP) is 1.71. The largest absolute Gasteiger partial charge is 0.497 e. The molecule has 29 heavy (non-hydrogen) atoms. The van der Waals surface area contributed by atoms with Gasteiger partial charge in [-0.05, 0) is 17.7 Å². The lowest BCUT2D eigenvalue weighted by Crippen LogP contribution is -2.41. The van der Waals surface area contributed by atoms with Crippen LogP contribution in [0.4, 0.5) is 5.69 Å². The minimum atomic E-state index is -0.561. The van der Waals surface area contributed by atoms with Crippen LogP contribution in [0.2, 0.25) is 0 Å². The van der Waals surface area contributed by atoms with Crippen LogP contribution in [0.3, 0.4) is 0 Å². The van der Waals surface area contributed by atoms with E-state index in [0.717, 1.165) is 10.1 Å². The molecule has 1 aromatic heterocycles. The van der Waals surface area contributed by atoms with Crippen molar-refractivity contribution in [1.82, 2.24) is 9.13 Å². The second-order valence-corrected chi connectivity index (χ2v) is 6.25. The van der Waals surface area contributed by atoms with Crippen LogP contribution in [-0.4, -0.2) is 29.3 Å². The molecule has 0 unspecified atom stereocenters. The quantitative estimate of drug-likeness (QED) is 0.658. The molecule has 2 aromatic carbocycles. The van der Waals surface area contributed by atoms with Crippen molar-refractivity contribution in [3.63, 3.8) is 0 Å². The summed E-state index contributed by atoms with van der Waals surface area (Å²) in [6.07, 6.45) is 1.43. The van der Waals surface area contributed by atoms with Gasteiger partial charge in [0.1, 0.15) is 18.0 Å². The Hall–Kier alpha value is -3.81. The minimum absolute atomic E-state index is 0.297. The Morgan fingerprint density at radius 2 is 1.76 bits per heavy atom. The molecule has 0 saturated carbocycles. The highest BCUT2D eigenvalue weighted by Gasteiger charge is 2.13. The number of anilines is 1. The average molecular weight is 395 g/mol. The molecule has 8 nitrogen and oxygen atoms in total. The summed E-state index contributed by atoms with van der Waals surface area (Å²) in [7, 11) is 2.98. The normalized spacial score (nSPS) is 10.4.